The van der Waals surface area contributed by atoms with Crippen molar-refractivity contribution in [3.05, 3.63) is 50.4 Å². The molecule has 0 fully saturated rings. The molecule has 2 aromatic rings. The Kier molecular flexibility index (Phi) is 4.87. The van der Waals surface area contributed by atoms with E-state index in [9.17, 15) is 4.79 Å². The second-order valence-electron chi connectivity index (χ2n) is 3.67. The van der Waals surface area contributed by atoms with Gasteiger partial charge in [0.2, 0.25) is 0 Å². The van der Waals surface area contributed by atoms with Crippen molar-refractivity contribution in [1.82, 2.24) is 4.98 Å². The first-order valence-corrected chi connectivity index (χ1v) is 7.36. The molecule has 0 unspecified atom stereocenters. The number of hydrogen-bond donors (Lipinski definition) is 0. The number of nitrogens with zero attached hydrogens (tertiary/aromatic N) is 1. The SMILES string of the molecule is CCOC(=O)c1ccc(C=Cc2ccnc(Br)c2)s1. The molecule has 0 spiro atoms. The summed E-state index contributed by atoms with van der Waals surface area (Å²) in [7, 11) is 0. The summed E-state index contributed by atoms with van der Waals surface area (Å²) < 4.78 is 5.75. The lowest BCUT2D eigenvalue weighted by Crippen LogP contribution is -2.01. The quantitative estimate of drug-likeness (QED) is 0.618. The molecular weight excluding hydrogens is 326 g/mol. The average molecular weight is 338 g/mol. The predicted octanol–water partition coefficient (Wildman–Crippen LogP) is 4.25. The van der Waals surface area contributed by atoms with Crippen LogP contribution in [0.2, 0.25) is 0 Å². The predicted molar refractivity (Wildman–Crippen MR) is 81.1 cm³/mol. The van der Waals surface area contributed by atoms with Gasteiger partial charge in [0.05, 0.1) is 6.61 Å². The van der Waals surface area contributed by atoms with Crippen molar-refractivity contribution in [2.75, 3.05) is 6.61 Å². The van der Waals surface area contributed by atoms with Crippen molar-refractivity contribution < 1.29 is 9.53 Å². The summed E-state index contributed by atoms with van der Waals surface area (Å²) in [6.07, 6.45) is 5.69. The van der Waals surface area contributed by atoms with Crippen LogP contribution in [0.1, 0.15) is 27.0 Å². The van der Waals surface area contributed by atoms with E-state index in [1.54, 1.807) is 19.2 Å². The number of hydrogen-bond acceptors (Lipinski definition) is 4. The van der Waals surface area contributed by atoms with Crippen molar-refractivity contribution in [2.24, 2.45) is 0 Å². The second kappa shape index (κ2) is 6.63. The van der Waals surface area contributed by atoms with Crippen LogP contribution in [0.5, 0.6) is 0 Å². The molecule has 2 aromatic heterocycles. The Labute approximate surface area is 124 Å². The summed E-state index contributed by atoms with van der Waals surface area (Å²) in [5.74, 6) is -0.265. The van der Waals surface area contributed by atoms with Crippen LogP contribution < -0.4 is 0 Å². The number of carbonyl (C=O) groups is 1. The largest absolute Gasteiger partial charge is 0.462 e. The third-order valence-corrected chi connectivity index (χ3v) is 3.76. The Hall–Kier alpha value is -1.46. The summed E-state index contributed by atoms with van der Waals surface area (Å²) in [4.78, 5) is 17.2. The Morgan fingerprint density at radius 1 is 1.42 bits per heavy atom. The zero-order valence-corrected chi connectivity index (χ0v) is 12.7. The van der Waals surface area contributed by atoms with Gasteiger partial charge < -0.3 is 4.74 Å². The van der Waals surface area contributed by atoms with E-state index in [0.29, 0.717) is 11.5 Å². The van der Waals surface area contributed by atoms with E-state index in [1.165, 1.54) is 11.3 Å². The van der Waals surface area contributed by atoms with Crippen LogP contribution in [0, 0.1) is 0 Å². The van der Waals surface area contributed by atoms with Crippen molar-refractivity contribution in [1.29, 1.82) is 0 Å². The van der Waals surface area contributed by atoms with Crippen LogP contribution in [-0.2, 0) is 4.74 Å². The number of carbonyl (C=O) groups excluding carboxylic acids is 1. The fraction of sp³-hybridized carbons (Fsp3) is 0.143. The zero-order chi connectivity index (χ0) is 13.7. The number of halogens is 1. The summed E-state index contributed by atoms with van der Waals surface area (Å²) >= 11 is 4.74. The van der Waals surface area contributed by atoms with Crippen LogP contribution in [-0.4, -0.2) is 17.6 Å². The molecule has 0 aliphatic heterocycles. The van der Waals surface area contributed by atoms with Crippen LogP contribution in [0.25, 0.3) is 12.2 Å². The Bertz CT molecular complexity index is 607. The Morgan fingerprint density at radius 3 is 3.00 bits per heavy atom. The van der Waals surface area contributed by atoms with E-state index in [1.807, 2.05) is 30.4 Å². The van der Waals surface area contributed by atoms with Crippen molar-refractivity contribution >= 4 is 45.4 Å². The first-order chi connectivity index (χ1) is 9.19. The zero-order valence-electron chi connectivity index (χ0n) is 10.3. The fourth-order valence-electron chi connectivity index (χ4n) is 1.45. The van der Waals surface area contributed by atoms with Gasteiger partial charge >= 0.3 is 5.97 Å². The minimum Gasteiger partial charge on any atom is -0.462 e. The molecule has 0 saturated heterocycles. The van der Waals surface area contributed by atoms with E-state index >= 15 is 0 Å². The maximum absolute atomic E-state index is 11.5. The summed E-state index contributed by atoms with van der Waals surface area (Å²) in [6, 6.07) is 7.53. The number of rotatable bonds is 4. The Morgan fingerprint density at radius 2 is 2.26 bits per heavy atom. The van der Waals surface area contributed by atoms with Crippen LogP contribution in [0.4, 0.5) is 0 Å². The smallest absolute Gasteiger partial charge is 0.348 e. The number of thiophene rings is 1. The lowest BCUT2D eigenvalue weighted by Gasteiger charge is -1.96. The van der Waals surface area contributed by atoms with Gasteiger partial charge in [-0.3, -0.25) is 0 Å². The van der Waals surface area contributed by atoms with Crippen molar-refractivity contribution in [3.63, 3.8) is 0 Å². The number of aromatic nitrogens is 1. The number of ether oxygens (including phenoxy) is 1. The van der Waals surface area contributed by atoms with Gasteiger partial charge in [0, 0.05) is 11.1 Å². The molecular formula is C14H12BrNO2S. The molecule has 98 valence electrons. The molecule has 0 bridgehead atoms. The van der Waals surface area contributed by atoms with E-state index in [4.69, 9.17) is 4.74 Å². The fourth-order valence-corrected chi connectivity index (χ4v) is 2.64. The molecule has 3 nitrogen and oxygen atoms in total. The van der Waals surface area contributed by atoms with Gasteiger partial charge in [0.25, 0.3) is 0 Å². The molecule has 0 aliphatic rings. The summed E-state index contributed by atoms with van der Waals surface area (Å²) in [6.45, 7) is 2.20. The minimum absolute atomic E-state index is 0.265. The number of pyridine rings is 1. The standard InChI is InChI=1S/C14H12BrNO2S/c1-2-18-14(17)12-6-5-11(19-12)4-3-10-7-8-16-13(15)9-10/h3-9H,2H2,1H3. The molecule has 0 saturated carbocycles. The molecule has 0 aromatic carbocycles. The first kappa shape index (κ1) is 14.0. The molecule has 0 N–H and O–H groups in total. The van der Waals surface area contributed by atoms with E-state index in [-0.39, 0.29) is 5.97 Å². The highest BCUT2D eigenvalue weighted by Crippen LogP contribution is 2.20. The lowest BCUT2D eigenvalue weighted by atomic mass is 10.2. The molecule has 2 heterocycles. The third kappa shape index (κ3) is 4.01. The maximum atomic E-state index is 11.5. The van der Waals surface area contributed by atoms with Crippen LogP contribution >= 0.6 is 27.3 Å². The molecule has 2 rings (SSSR count). The van der Waals surface area contributed by atoms with Gasteiger partial charge in [-0.2, -0.15) is 0 Å². The van der Waals surface area contributed by atoms with Gasteiger partial charge in [0.1, 0.15) is 9.48 Å². The van der Waals surface area contributed by atoms with E-state index in [2.05, 4.69) is 20.9 Å². The molecule has 0 amide bonds. The summed E-state index contributed by atoms with van der Waals surface area (Å²) in [5.41, 5.74) is 1.05. The van der Waals surface area contributed by atoms with Crippen LogP contribution in [0.3, 0.4) is 0 Å². The van der Waals surface area contributed by atoms with Gasteiger partial charge in [0.15, 0.2) is 0 Å². The molecule has 0 aliphatic carbocycles. The normalized spacial score (nSPS) is 10.8. The topological polar surface area (TPSA) is 39.2 Å². The highest BCUT2D eigenvalue weighted by molar-refractivity contribution is 9.10. The van der Waals surface area contributed by atoms with Gasteiger partial charge in [-0.15, -0.1) is 11.3 Å². The Balaban J connectivity index is 2.09. The molecule has 0 radical (unpaired) electrons. The van der Waals surface area contributed by atoms with Gasteiger partial charge in [-0.1, -0.05) is 6.08 Å². The molecule has 19 heavy (non-hydrogen) atoms. The van der Waals surface area contributed by atoms with E-state index < -0.39 is 0 Å². The maximum Gasteiger partial charge on any atom is 0.348 e. The van der Waals surface area contributed by atoms with Gasteiger partial charge in [-0.25, -0.2) is 9.78 Å². The average Bonchev–Trinajstić information content (AvgIpc) is 2.86. The lowest BCUT2D eigenvalue weighted by molar-refractivity contribution is 0.0532. The minimum atomic E-state index is -0.265. The third-order valence-electron chi connectivity index (χ3n) is 2.29. The first-order valence-electron chi connectivity index (χ1n) is 5.75. The monoisotopic (exact) mass is 337 g/mol. The van der Waals surface area contributed by atoms with Crippen LogP contribution in [0.15, 0.2) is 35.1 Å². The second-order valence-corrected chi connectivity index (χ2v) is 5.60. The highest BCUT2D eigenvalue weighted by atomic mass is 79.9. The summed E-state index contributed by atoms with van der Waals surface area (Å²) in [5, 5.41) is 0. The number of esters is 1. The molecule has 5 heteroatoms. The van der Waals surface area contributed by atoms with E-state index in [0.717, 1.165) is 15.0 Å². The van der Waals surface area contributed by atoms with Gasteiger partial charge in [-0.05, 0) is 58.8 Å². The van der Waals surface area contributed by atoms with Crippen molar-refractivity contribution in [2.45, 2.75) is 6.92 Å². The molecule has 0 atom stereocenters. The van der Waals surface area contributed by atoms with Crippen molar-refractivity contribution in [3.8, 4) is 0 Å². The highest BCUT2D eigenvalue weighted by Gasteiger charge is 2.08.